The average molecular weight is 284 g/mol. The van der Waals surface area contributed by atoms with Crippen molar-refractivity contribution in [2.45, 2.75) is 6.10 Å². The van der Waals surface area contributed by atoms with Crippen molar-refractivity contribution in [3.63, 3.8) is 0 Å². The molecule has 1 aliphatic rings. The fourth-order valence-corrected chi connectivity index (χ4v) is 2.12. The van der Waals surface area contributed by atoms with Gasteiger partial charge in [0, 0.05) is 13.1 Å². The summed E-state index contributed by atoms with van der Waals surface area (Å²) in [6.07, 6.45) is -0.231. The zero-order valence-corrected chi connectivity index (χ0v) is 10.7. The van der Waals surface area contributed by atoms with E-state index in [9.17, 15) is 4.39 Å². The minimum atomic E-state index is -0.409. The van der Waals surface area contributed by atoms with Crippen LogP contribution in [-0.2, 0) is 4.74 Å². The molecule has 0 saturated carbocycles. The van der Waals surface area contributed by atoms with Gasteiger partial charge in [0.25, 0.3) is 5.89 Å². The normalized spacial score (nSPS) is 19.6. The molecule has 100 valence electrons. The third-order valence-corrected chi connectivity index (χ3v) is 3.13. The highest BCUT2D eigenvalue weighted by Gasteiger charge is 2.22. The number of benzene rings is 1. The quantitative estimate of drug-likeness (QED) is 0.915. The number of aromatic nitrogens is 2. The van der Waals surface area contributed by atoms with Gasteiger partial charge in [-0.25, -0.2) is 4.39 Å². The molecule has 1 atom stereocenters. The van der Waals surface area contributed by atoms with E-state index in [1.165, 1.54) is 18.2 Å². The fourth-order valence-electron chi connectivity index (χ4n) is 1.87. The number of nitrogens with one attached hydrogen (secondary N) is 1. The molecule has 0 amide bonds. The number of morpholine rings is 1. The molecule has 1 aromatic heterocycles. The van der Waals surface area contributed by atoms with E-state index in [-0.39, 0.29) is 17.0 Å². The Balaban J connectivity index is 1.87. The Morgan fingerprint density at radius 1 is 1.42 bits per heavy atom. The first kappa shape index (κ1) is 12.5. The maximum Gasteiger partial charge on any atom is 0.259 e. The molecule has 1 N–H and O–H groups in total. The highest BCUT2D eigenvalue weighted by atomic mass is 35.5. The van der Waals surface area contributed by atoms with E-state index in [1.54, 1.807) is 0 Å². The molecule has 1 aromatic carbocycles. The highest BCUT2D eigenvalue weighted by Crippen LogP contribution is 2.28. The molecule has 5 nitrogen and oxygen atoms in total. The van der Waals surface area contributed by atoms with E-state index < -0.39 is 5.82 Å². The van der Waals surface area contributed by atoms with Gasteiger partial charge in [-0.15, -0.1) is 0 Å². The Bertz CT molecular complexity index is 584. The minimum Gasteiger partial charge on any atom is -0.367 e. The summed E-state index contributed by atoms with van der Waals surface area (Å²) in [5, 5.41) is 7.29. The first-order valence-corrected chi connectivity index (χ1v) is 6.23. The van der Waals surface area contributed by atoms with Crippen LogP contribution in [0.4, 0.5) is 4.39 Å². The van der Waals surface area contributed by atoms with E-state index in [1.807, 2.05) is 0 Å². The molecule has 0 radical (unpaired) electrons. The Hall–Kier alpha value is -1.50. The van der Waals surface area contributed by atoms with Crippen molar-refractivity contribution in [1.29, 1.82) is 0 Å². The van der Waals surface area contributed by atoms with E-state index in [0.29, 0.717) is 24.5 Å². The molecule has 0 spiro atoms. The summed E-state index contributed by atoms with van der Waals surface area (Å²) in [7, 11) is 0. The standard InChI is InChI=1S/C12H11ClFN3O2/c13-9-5-7(14)1-2-8(9)12-16-11(17-19-12)10-6-15-3-4-18-10/h1-2,5,10,15H,3-4,6H2. The zero-order chi connectivity index (χ0) is 13.2. The van der Waals surface area contributed by atoms with Gasteiger partial charge in [-0.05, 0) is 18.2 Å². The Morgan fingerprint density at radius 2 is 2.32 bits per heavy atom. The lowest BCUT2D eigenvalue weighted by molar-refractivity contribution is 0.0208. The summed E-state index contributed by atoms with van der Waals surface area (Å²) in [4.78, 5) is 4.24. The largest absolute Gasteiger partial charge is 0.367 e. The maximum absolute atomic E-state index is 13.0. The Labute approximate surface area is 113 Å². The van der Waals surface area contributed by atoms with Crippen molar-refractivity contribution >= 4 is 11.6 Å². The third-order valence-electron chi connectivity index (χ3n) is 2.82. The number of halogens is 2. The van der Waals surface area contributed by atoms with Crippen LogP contribution in [0.3, 0.4) is 0 Å². The number of nitrogens with zero attached hydrogens (tertiary/aromatic N) is 2. The molecule has 0 aliphatic carbocycles. The van der Waals surface area contributed by atoms with E-state index in [2.05, 4.69) is 15.5 Å². The predicted octanol–water partition coefficient (Wildman–Crippen LogP) is 2.19. The number of rotatable bonds is 2. The van der Waals surface area contributed by atoms with Crippen LogP contribution in [0.15, 0.2) is 22.7 Å². The second-order valence-electron chi connectivity index (χ2n) is 4.15. The second kappa shape index (κ2) is 5.24. The lowest BCUT2D eigenvalue weighted by Crippen LogP contribution is -2.33. The van der Waals surface area contributed by atoms with Crippen LogP contribution in [0.1, 0.15) is 11.9 Å². The van der Waals surface area contributed by atoms with Crippen molar-refractivity contribution < 1.29 is 13.7 Å². The van der Waals surface area contributed by atoms with Crippen molar-refractivity contribution in [1.82, 2.24) is 15.5 Å². The molecule has 7 heteroatoms. The van der Waals surface area contributed by atoms with Gasteiger partial charge in [-0.1, -0.05) is 16.8 Å². The van der Waals surface area contributed by atoms with E-state index in [4.69, 9.17) is 20.9 Å². The molecule has 3 rings (SSSR count). The third kappa shape index (κ3) is 2.60. The summed E-state index contributed by atoms with van der Waals surface area (Å²) in [5.41, 5.74) is 0.505. The van der Waals surface area contributed by atoms with Gasteiger partial charge < -0.3 is 14.6 Å². The lowest BCUT2D eigenvalue weighted by atomic mass is 10.2. The van der Waals surface area contributed by atoms with Crippen LogP contribution in [-0.4, -0.2) is 29.8 Å². The summed E-state index contributed by atoms with van der Waals surface area (Å²) in [6.45, 7) is 2.05. The van der Waals surface area contributed by atoms with E-state index >= 15 is 0 Å². The van der Waals surface area contributed by atoms with Gasteiger partial charge in [0.2, 0.25) is 5.82 Å². The van der Waals surface area contributed by atoms with Gasteiger partial charge in [0.15, 0.2) is 0 Å². The molecule has 1 unspecified atom stereocenters. The fraction of sp³-hybridized carbons (Fsp3) is 0.333. The molecular weight excluding hydrogens is 273 g/mol. The topological polar surface area (TPSA) is 60.2 Å². The van der Waals surface area contributed by atoms with Gasteiger partial charge in [-0.2, -0.15) is 4.98 Å². The minimum absolute atomic E-state index is 0.231. The van der Waals surface area contributed by atoms with Crippen LogP contribution in [0, 0.1) is 5.82 Å². The van der Waals surface area contributed by atoms with Gasteiger partial charge in [-0.3, -0.25) is 0 Å². The Kier molecular flexibility index (Phi) is 3.46. The van der Waals surface area contributed by atoms with Crippen molar-refractivity contribution in [2.75, 3.05) is 19.7 Å². The van der Waals surface area contributed by atoms with E-state index in [0.717, 1.165) is 6.54 Å². The molecule has 2 heterocycles. The smallest absolute Gasteiger partial charge is 0.259 e. The molecule has 1 saturated heterocycles. The molecular formula is C12H11ClFN3O2. The summed E-state index contributed by atoms with van der Waals surface area (Å²) in [5.74, 6) is 0.310. The van der Waals surface area contributed by atoms with Crippen molar-refractivity contribution in [3.8, 4) is 11.5 Å². The SMILES string of the molecule is Fc1ccc(-c2nc(C3CNCCO3)no2)c(Cl)c1. The lowest BCUT2D eigenvalue weighted by Gasteiger charge is -2.20. The van der Waals surface area contributed by atoms with Crippen molar-refractivity contribution in [3.05, 3.63) is 34.9 Å². The summed E-state index contributed by atoms with van der Waals surface area (Å²) in [6, 6.07) is 4.01. The first-order valence-electron chi connectivity index (χ1n) is 5.85. The number of hydrogen-bond acceptors (Lipinski definition) is 5. The van der Waals surface area contributed by atoms with Gasteiger partial charge >= 0.3 is 0 Å². The van der Waals surface area contributed by atoms with Crippen LogP contribution in [0.2, 0.25) is 5.02 Å². The molecule has 1 aliphatic heterocycles. The summed E-state index contributed by atoms with van der Waals surface area (Å²) < 4.78 is 23.7. The Morgan fingerprint density at radius 3 is 3.05 bits per heavy atom. The first-order chi connectivity index (χ1) is 9.24. The monoisotopic (exact) mass is 283 g/mol. The average Bonchev–Trinajstić information content (AvgIpc) is 2.89. The zero-order valence-electron chi connectivity index (χ0n) is 9.90. The predicted molar refractivity (Wildman–Crippen MR) is 66.3 cm³/mol. The number of ether oxygens (including phenoxy) is 1. The van der Waals surface area contributed by atoms with Crippen LogP contribution >= 0.6 is 11.6 Å². The molecule has 0 bridgehead atoms. The van der Waals surface area contributed by atoms with Crippen LogP contribution < -0.4 is 5.32 Å². The van der Waals surface area contributed by atoms with Crippen molar-refractivity contribution in [2.24, 2.45) is 0 Å². The summed E-state index contributed by atoms with van der Waals surface area (Å²) >= 11 is 5.95. The van der Waals surface area contributed by atoms with Gasteiger partial charge in [0.1, 0.15) is 11.9 Å². The second-order valence-corrected chi connectivity index (χ2v) is 4.55. The molecule has 1 fully saturated rings. The molecule has 19 heavy (non-hydrogen) atoms. The van der Waals surface area contributed by atoms with Gasteiger partial charge in [0.05, 0.1) is 17.2 Å². The maximum atomic E-state index is 13.0. The number of hydrogen-bond donors (Lipinski definition) is 1. The highest BCUT2D eigenvalue weighted by molar-refractivity contribution is 6.33. The van der Waals surface area contributed by atoms with Crippen LogP contribution in [0.5, 0.6) is 0 Å². The van der Waals surface area contributed by atoms with Crippen LogP contribution in [0.25, 0.3) is 11.5 Å². The molecule has 2 aromatic rings.